The van der Waals surface area contributed by atoms with Crippen molar-refractivity contribution >= 4 is 39.5 Å². The lowest BCUT2D eigenvalue weighted by Gasteiger charge is -2.28. The second kappa shape index (κ2) is 9.16. The summed E-state index contributed by atoms with van der Waals surface area (Å²) in [7, 11) is 0. The molecule has 4 N–H and O–H groups in total. The first-order chi connectivity index (χ1) is 14.7. The number of benzene rings is 1. The largest absolute Gasteiger partial charge is 0.387 e. The standard InChI is InChI=1S/C20H22N6O3S/c21-23-10-13-3-1-2-4-15(13)19-24-16-9-14(11-22-17(28)12-27)30-18(16)20(25-19)26-5-7-29-8-6-26/h1-4,9-10,27H,5-8,11-12,21H2,(H,22,28)/b23-10-. The van der Waals surface area contributed by atoms with Crippen LogP contribution in [0.4, 0.5) is 5.82 Å². The van der Waals surface area contributed by atoms with Crippen molar-refractivity contribution in [2.45, 2.75) is 6.54 Å². The Hall–Kier alpha value is -3.08. The summed E-state index contributed by atoms with van der Waals surface area (Å²) in [6.45, 7) is 2.56. The normalized spacial score (nSPS) is 14.5. The van der Waals surface area contributed by atoms with Gasteiger partial charge in [-0.3, -0.25) is 4.79 Å². The zero-order valence-corrected chi connectivity index (χ0v) is 17.1. The number of ether oxygens (including phenoxy) is 1. The zero-order chi connectivity index (χ0) is 20.9. The van der Waals surface area contributed by atoms with Gasteiger partial charge in [0, 0.05) is 29.1 Å². The number of nitrogens with two attached hydrogens (primary N) is 1. The number of aromatic nitrogens is 2. The molecule has 0 saturated carbocycles. The van der Waals surface area contributed by atoms with Gasteiger partial charge in [0.05, 0.1) is 36.2 Å². The van der Waals surface area contributed by atoms with Gasteiger partial charge in [0.2, 0.25) is 5.91 Å². The van der Waals surface area contributed by atoms with E-state index in [1.807, 2.05) is 30.3 Å². The van der Waals surface area contributed by atoms with E-state index in [1.165, 1.54) is 11.3 Å². The van der Waals surface area contributed by atoms with Crippen molar-refractivity contribution in [3.8, 4) is 11.4 Å². The SMILES string of the molecule is N/N=C\c1ccccc1-c1nc(N2CCOCC2)c2sc(CNC(=O)CO)cc2n1. The van der Waals surface area contributed by atoms with Crippen LogP contribution in [-0.2, 0) is 16.1 Å². The summed E-state index contributed by atoms with van der Waals surface area (Å²) in [5.41, 5.74) is 2.47. The third-order valence-electron chi connectivity index (χ3n) is 4.73. The molecule has 0 bridgehead atoms. The molecule has 0 spiro atoms. The van der Waals surface area contributed by atoms with Crippen LogP contribution in [0.25, 0.3) is 21.6 Å². The highest BCUT2D eigenvalue weighted by atomic mass is 32.1. The predicted octanol–water partition coefficient (Wildman–Crippen LogP) is 1.10. The Labute approximate surface area is 177 Å². The molecule has 3 aromatic rings. The summed E-state index contributed by atoms with van der Waals surface area (Å²) in [5, 5.41) is 15.3. The minimum Gasteiger partial charge on any atom is -0.387 e. The van der Waals surface area contributed by atoms with Crippen molar-refractivity contribution in [1.82, 2.24) is 15.3 Å². The van der Waals surface area contributed by atoms with Gasteiger partial charge in [-0.1, -0.05) is 24.3 Å². The lowest BCUT2D eigenvalue weighted by atomic mass is 10.1. The van der Waals surface area contributed by atoms with Crippen LogP contribution in [-0.4, -0.2) is 60.1 Å². The number of nitrogens with one attached hydrogen (secondary N) is 1. The molecule has 3 heterocycles. The highest BCUT2D eigenvalue weighted by Gasteiger charge is 2.21. The lowest BCUT2D eigenvalue weighted by Crippen LogP contribution is -2.36. The van der Waals surface area contributed by atoms with Crippen molar-refractivity contribution in [3.63, 3.8) is 0 Å². The fourth-order valence-electron chi connectivity index (χ4n) is 3.30. The number of thiophene rings is 1. The van der Waals surface area contributed by atoms with E-state index >= 15 is 0 Å². The van der Waals surface area contributed by atoms with Gasteiger partial charge in [0.25, 0.3) is 0 Å². The summed E-state index contributed by atoms with van der Waals surface area (Å²) in [4.78, 5) is 24.2. The molecule has 0 atom stereocenters. The topological polar surface area (TPSA) is 126 Å². The number of rotatable bonds is 6. The van der Waals surface area contributed by atoms with E-state index in [0.29, 0.717) is 25.6 Å². The van der Waals surface area contributed by atoms with Crippen molar-refractivity contribution < 1.29 is 14.6 Å². The number of aliphatic hydroxyl groups is 1. The summed E-state index contributed by atoms with van der Waals surface area (Å²) >= 11 is 1.54. The van der Waals surface area contributed by atoms with E-state index in [0.717, 1.165) is 45.1 Å². The summed E-state index contributed by atoms with van der Waals surface area (Å²) < 4.78 is 6.45. The number of carbonyl (C=O) groups is 1. The molecule has 1 aromatic carbocycles. The number of morpholine rings is 1. The highest BCUT2D eigenvalue weighted by Crippen LogP contribution is 2.35. The number of carbonyl (C=O) groups excluding carboxylic acids is 1. The van der Waals surface area contributed by atoms with E-state index in [2.05, 4.69) is 15.3 Å². The van der Waals surface area contributed by atoms with Crippen LogP contribution in [0.5, 0.6) is 0 Å². The second-order valence-corrected chi connectivity index (χ2v) is 7.83. The van der Waals surface area contributed by atoms with E-state index in [1.54, 1.807) is 6.21 Å². The Balaban J connectivity index is 1.81. The Kier molecular flexibility index (Phi) is 6.17. The van der Waals surface area contributed by atoms with Gasteiger partial charge in [-0.2, -0.15) is 5.10 Å². The monoisotopic (exact) mass is 426 g/mol. The van der Waals surface area contributed by atoms with Crippen LogP contribution in [0.15, 0.2) is 35.4 Å². The van der Waals surface area contributed by atoms with Gasteiger partial charge >= 0.3 is 0 Å². The van der Waals surface area contributed by atoms with Crippen LogP contribution in [0, 0.1) is 0 Å². The first kappa shape index (κ1) is 20.2. The van der Waals surface area contributed by atoms with Crippen molar-refractivity contribution in [2.75, 3.05) is 37.8 Å². The quantitative estimate of drug-likeness (QED) is 0.306. The summed E-state index contributed by atoms with van der Waals surface area (Å²) in [6, 6.07) is 9.64. The molecule has 1 saturated heterocycles. The predicted molar refractivity (Wildman–Crippen MR) is 117 cm³/mol. The Morgan fingerprint density at radius 1 is 1.33 bits per heavy atom. The maximum Gasteiger partial charge on any atom is 0.246 e. The molecule has 0 aliphatic carbocycles. The number of aliphatic hydroxyl groups excluding tert-OH is 1. The van der Waals surface area contributed by atoms with E-state index < -0.39 is 12.5 Å². The average molecular weight is 427 g/mol. The zero-order valence-electron chi connectivity index (χ0n) is 16.2. The Bertz CT molecular complexity index is 1080. The molecule has 30 heavy (non-hydrogen) atoms. The number of amides is 1. The molecule has 2 aromatic heterocycles. The van der Waals surface area contributed by atoms with E-state index in [9.17, 15) is 4.79 Å². The van der Waals surface area contributed by atoms with Crippen molar-refractivity contribution in [3.05, 3.63) is 40.8 Å². The molecule has 1 aliphatic rings. The Morgan fingerprint density at radius 2 is 2.13 bits per heavy atom. The van der Waals surface area contributed by atoms with Gasteiger partial charge in [-0.05, 0) is 6.07 Å². The molecule has 10 heteroatoms. The minimum atomic E-state index is -0.534. The number of nitrogens with zero attached hydrogens (tertiary/aromatic N) is 4. The third-order valence-corrected chi connectivity index (χ3v) is 5.85. The molecule has 156 valence electrons. The van der Waals surface area contributed by atoms with E-state index in [-0.39, 0.29) is 0 Å². The van der Waals surface area contributed by atoms with Gasteiger partial charge in [-0.25, -0.2) is 9.97 Å². The first-order valence-corrected chi connectivity index (χ1v) is 10.3. The minimum absolute atomic E-state index is 0.328. The molecule has 9 nitrogen and oxygen atoms in total. The van der Waals surface area contributed by atoms with Crippen molar-refractivity contribution in [2.24, 2.45) is 10.9 Å². The van der Waals surface area contributed by atoms with Gasteiger partial charge in [0.15, 0.2) is 11.6 Å². The molecule has 4 rings (SSSR count). The molecule has 1 aliphatic heterocycles. The molecular weight excluding hydrogens is 404 g/mol. The number of hydrogen-bond acceptors (Lipinski definition) is 9. The van der Waals surface area contributed by atoms with Gasteiger partial charge < -0.3 is 25.9 Å². The molecule has 1 fully saturated rings. The fraction of sp³-hybridized carbons (Fsp3) is 0.300. The van der Waals surface area contributed by atoms with Crippen molar-refractivity contribution in [1.29, 1.82) is 0 Å². The van der Waals surface area contributed by atoms with Gasteiger partial charge in [-0.15, -0.1) is 11.3 Å². The molecule has 1 amide bonds. The molecule has 0 unspecified atom stereocenters. The average Bonchev–Trinajstić information content (AvgIpc) is 3.21. The number of hydrazone groups is 1. The van der Waals surface area contributed by atoms with Gasteiger partial charge in [0.1, 0.15) is 6.61 Å². The fourth-order valence-corrected chi connectivity index (χ4v) is 4.35. The Morgan fingerprint density at radius 3 is 2.90 bits per heavy atom. The number of anilines is 1. The number of hydrogen-bond donors (Lipinski definition) is 3. The van der Waals surface area contributed by atoms with Crippen LogP contribution in [0.2, 0.25) is 0 Å². The molecular formula is C20H22N6O3S. The first-order valence-electron chi connectivity index (χ1n) is 9.53. The smallest absolute Gasteiger partial charge is 0.246 e. The lowest BCUT2D eigenvalue weighted by molar-refractivity contribution is -0.123. The summed E-state index contributed by atoms with van der Waals surface area (Å²) in [5.74, 6) is 6.39. The second-order valence-electron chi connectivity index (χ2n) is 6.70. The van der Waals surface area contributed by atoms with Crippen LogP contribution >= 0.6 is 11.3 Å². The van der Waals surface area contributed by atoms with Crippen LogP contribution in [0.1, 0.15) is 10.4 Å². The maximum absolute atomic E-state index is 11.4. The summed E-state index contributed by atoms with van der Waals surface area (Å²) in [6.07, 6.45) is 1.58. The maximum atomic E-state index is 11.4. The van der Waals surface area contributed by atoms with E-state index in [4.69, 9.17) is 25.7 Å². The molecule has 0 radical (unpaired) electrons. The third kappa shape index (κ3) is 4.25. The number of fused-ring (bicyclic) bond motifs is 1. The van der Waals surface area contributed by atoms with Crippen LogP contribution < -0.4 is 16.1 Å². The highest BCUT2D eigenvalue weighted by molar-refractivity contribution is 7.19. The van der Waals surface area contributed by atoms with Crippen LogP contribution in [0.3, 0.4) is 0 Å².